The van der Waals surface area contributed by atoms with Crippen LogP contribution in [0.5, 0.6) is 0 Å². The van der Waals surface area contributed by atoms with Crippen LogP contribution in [-0.2, 0) is 24.9 Å². The summed E-state index contributed by atoms with van der Waals surface area (Å²) < 4.78 is 1.88. The predicted molar refractivity (Wildman–Crippen MR) is 102 cm³/mol. The van der Waals surface area contributed by atoms with Gasteiger partial charge in [-0.3, -0.25) is 9.78 Å². The Morgan fingerprint density at radius 1 is 1.11 bits per heavy atom. The number of ketones is 1. The van der Waals surface area contributed by atoms with Crippen LogP contribution in [0, 0.1) is 19.9 Å². The number of hydrogen-bond donors (Lipinski definition) is 1. The van der Waals surface area contributed by atoms with Crippen molar-refractivity contribution < 1.29 is 30.0 Å². The number of allylic oxidation sites excluding steroid dienone is 2. The second kappa shape index (κ2) is 10.6. The number of carbonyl (C=O) groups is 1. The van der Waals surface area contributed by atoms with Gasteiger partial charge in [0.2, 0.25) is 0 Å². The molecule has 1 heterocycles. The number of benzene rings is 2. The molecule has 0 atom stereocenters. The van der Waals surface area contributed by atoms with Crippen LogP contribution in [0.2, 0.25) is 0 Å². The van der Waals surface area contributed by atoms with E-state index in [1.807, 2.05) is 48.0 Å². The molecule has 0 spiro atoms. The molecule has 0 unspecified atom stereocenters. The molecule has 3 aromatic rings. The normalized spacial score (nSPS) is 10.4. The second-order valence-corrected chi connectivity index (χ2v) is 5.85. The standard InChI is InChI=1S/C16H14N3.C5H8O2.Ir/c1-12-8-6-7-11-15(12)19-13(2)17-16(18-19)14-9-4-3-5-10-14;1-4(6)3-5(2)7;/h3-9,11H,1-2H3;3,6H,1-2H3;/q-1;;. The van der Waals surface area contributed by atoms with Gasteiger partial charge in [0.1, 0.15) is 5.82 Å². The number of aliphatic hydroxyl groups excluding tert-OH is 1. The first-order valence-corrected chi connectivity index (χ1v) is 8.23. The molecule has 1 radical (unpaired) electrons. The molecule has 0 saturated heterocycles. The summed E-state index contributed by atoms with van der Waals surface area (Å²) in [4.78, 5) is 14.5. The van der Waals surface area contributed by atoms with Crippen molar-refractivity contribution in [3.05, 3.63) is 77.8 Å². The van der Waals surface area contributed by atoms with E-state index in [0.29, 0.717) is 5.82 Å². The smallest absolute Gasteiger partial charge is 0.155 e. The molecule has 27 heavy (non-hydrogen) atoms. The van der Waals surface area contributed by atoms with E-state index in [2.05, 4.69) is 35.2 Å². The summed E-state index contributed by atoms with van der Waals surface area (Å²) in [6, 6.07) is 19.1. The summed E-state index contributed by atoms with van der Waals surface area (Å²) in [5.74, 6) is 1.52. The van der Waals surface area contributed by atoms with E-state index in [0.717, 1.165) is 17.1 Å². The Morgan fingerprint density at radius 2 is 1.78 bits per heavy atom. The number of rotatable bonds is 3. The fourth-order valence-corrected chi connectivity index (χ4v) is 2.36. The van der Waals surface area contributed by atoms with Crippen LogP contribution in [0.3, 0.4) is 0 Å². The average Bonchev–Trinajstić information content (AvgIpc) is 2.97. The molecule has 5 nitrogen and oxygen atoms in total. The quantitative estimate of drug-likeness (QED) is 0.304. The maximum atomic E-state index is 10.0. The van der Waals surface area contributed by atoms with E-state index in [1.54, 1.807) is 0 Å². The Balaban J connectivity index is 0.000000395. The maximum absolute atomic E-state index is 10.0. The van der Waals surface area contributed by atoms with Crippen molar-refractivity contribution in [2.45, 2.75) is 27.7 Å². The number of aryl methyl sites for hydroxylation is 2. The number of hydrogen-bond acceptors (Lipinski definition) is 4. The van der Waals surface area contributed by atoms with E-state index in [4.69, 9.17) is 5.11 Å². The minimum atomic E-state index is -0.125. The number of carbonyl (C=O) groups excluding carboxylic acids is 1. The second-order valence-electron chi connectivity index (χ2n) is 5.85. The largest absolute Gasteiger partial charge is 0.512 e. The predicted octanol–water partition coefficient (Wildman–Crippen LogP) is 4.39. The van der Waals surface area contributed by atoms with Crippen molar-refractivity contribution in [2.75, 3.05) is 0 Å². The first-order chi connectivity index (χ1) is 12.4. The van der Waals surface area contributed by atoms with Crippen molar-refractivity contribution in [3.8, 4) is 17.1 Å². The molecular weight excluding hydrogens is 518 g/mol. The summed E-state index contributed by atoms with van der Waals surface area (Å²) >= 11 is 0. The topological polar surface area (TPSA) is 68.0 Å². The summed E-state index contributed by atoms with van der Waals surface area (Å²) in [6.07, 6.45) is 1.17. The van der Waals surface area contributed by atoms with Gasteiger partial charge in [-0.25, -0.2) is 4.68 Å². The van der Waals surface area contributed by atoms with Gasteiger partial charge < -0.3 is 5.11 Å². The van der Waals surface area contributed by atoms with Gasteiger partial charge >= 0.3 is 0 Å². The molecule has 0 aliphatic rings. The Labute approximate surface area is 173 Å². The van der Waals surface area contributed by atoms with Gasteiger partial charge in [-0.2, -0.15) is 5.10 Å². The first-order valence-electron chi connectivity index (χ1n) is 8.23. The van der Waals surface area contributed by atoms with Crippen LogP contribution in [0.1, 0.15) is 25.2 Å². The molecule has 6 heteroatoms. The summed E-state index contributed by atoms with van der Waals surface area (Å²) in [5, 5.41) is 12.9. The van der Waals surface area contributed by atoms with Crippen LogP contribution < -0.4 is 0 Å². The number of aromatic nitrogens is 3. The molecule has 0 aliphatic heterocycles. The van der Waals surface area contributed by atoms with Crippen molar-refractivity contribution in [3.63, 3.8) is 0 Å². The summed E-state index contributed by atoms with van der Waals surface area (Å²) in [6.45, 7) is 6.89. The Bertz CT molecular complexity index is 914. The van der Waals surface area contributed by atoms with Gasteiger partial charge in [0, 0.05) is 26.2 Å². The van der Waals surface area contributed by atoms with Crippen LogP contribution in [0.4, 0.5) is 0 Å². The maximum Gasteiger partial charge on any atom is 0.155 e. The van der Waals surface area contributed by atoms with Gasteiger partial charge in [-0.1, -0.05) is 18.2 Å². The van der Waals surface area contributed by atoms with Gasteiger partial charge in [-0.15, -0.1) is 35.9 Å². The van der Waals surface area contributed by atoms with Crippen LogP contribution in [-0.4, -0.2) is 25.7 Å². The molecular formula is C21H22IrN3O2-. The van der Waals surface area contributed by atoms with E-state index >= 15 is 0 Å². The SMILES string of the molecule is CC(=O)C=C(C)O.Cc1ccccc1-n1nc(-c2[c-]cccc2)nc1C.[Ir]. The molecule has 0 saturated carbocycles. The van der Waals surface area contributed by atoms with E-state index in [1.165, 1.54) is 25.5 Å². The molecule has 0 bridgehead atoms. The Kier molecular flexibility index (Phi) is 8.79. The Morgan fingerprint density at radius 3 is 2.30 bits per heavy atom. The Hall–Kier alpha value is -2.56. The molecule has 0 aliphatic carbocycles. The average molecular weight is 541 g/mol. The van der Waals surface area contributed by atoms with Crippen molar-refractivity contribution >= 4 is 5.78 Å². The fourth-order valence-electron chi connectivity index (χ4n) is 2.36. The van der Waals surface area contributed by atoms with Crippen LogP contribution in [0.15, 0.2) is 60.4 Å². The van der Waals surface area contributed by atoms with Gasteiger partial charge in [0.05, 0.1) is 17.3 Å². The zero-order valence-electron chi connectivity index (χ0n) is 15.7. The van der Waals surface area contributed by atoms with E-state index < -0.39 is 0 Å². The number of nitrogens with zero attached hydrogens (tertiary/aromatic N) is 3. The molecule has 0 amide bonds. The third kappa shape index (κ3) is 6.59. The van der Waals surface area contributed by atoms with E-state index in [9.17, 15) is 4.79 Å². The van der Waals surface area contributed by atoms with Gasteiger partial charge in [0.15, 0.2) is 5.78 Å². The fraction of sp³-hybridized carbons (Fsp3) is 0.190. The van der Waals surface area contributed by atoms with Crippen LogP contribution in [0.25, 0.3) is 17.1 Å². The molecule has 1 N–H and O–H groups in total. The third-order valence-corrected chi connectivity index (χ3v) is 3.47. The zero-order valence-corrected chi connectivity index (χ0v) is 18.1. The molecule has 1 aromatic heterocycles. The summed E-state index contributed by atoms with van der Waals surface area (Å²) in [5.41, 5.74) is 3.16. The minimum absolute atomic E-state index is 0. The first kappa shape index (κ1) is 22.5. The molecule has 2 aromatic carbocycles. The molecule has 3 rings (SSSR count). The van der Waals surface area contributed by atoms with E-state index in [-0.39, 0.29) is 31.6 Å². The van der Waals surface area contributed by atoms with Crippen LogP contribution >= 0.6 is 0 Å². The van der Waals surface area contributed by atoms with Crippen molar-refractivity contribution in [2.24, 2.45) is 0 Å². The number of aliphatic hydroxyl groups is 1. The van der Waals surface area contributed by atoms with Gasteiger partial charge in [-0.05, 0) is 39.3 Å². The van der Waals surface area contributed by atoms with Crippen molar-refractivity contribution in [1.29, 1.82) is 0 Å². The van der Waals surface area contributed by atoms with Gasteiger partial charge in [0.25, 0.3) is 0 Å². The molecule has 143 valence electrons. The van der Waals surface area contributed by atoms with Crippen molar-refractivity contribution in [1.82, 2.24) is 14.8 Å². The minimum Gasteiger partial charge on any atom is -0.512 e. The third-order valence-electron chi connectivity index (χ3n) is 3.47. The zero-order chi connectivity index (χ0) is 19.1. The summed E-state index contributed by atoms with van der Waals surface area (Å²) in [7, 11) is 0. The monoisotopic (exact) mass is 541 g/mol. The number of para-hydroxylation sites is 1. The molecule has 0 fully saturated rings.